The van der Waals surface area contributed by atoms with Crippen LogP contribution in [0.5, 0.6) is 0 Å². The average Bonchev–Trinajstić information content (AvgIpc) is 3.53. The minimum atomic E-state index is -0.851. The molecule has 208 valence electrons. The van der Waals surface area contributed by atoms with Crippen LogP contribution in [-0.2, 0) is 6.54 Å². The van der Waals surface area contributed by atoms with E-state index in [-0.39, 0.29) is 17.3 Å². The van der Waals surface area contributed by atoms with E-state index in [4.69, 9.17) is 0 Å². The Hall–Kier alpha value is -4.02. The largest absolute Gasteiger partial charge is 0.386 e. The number of aromatic nitrogens is 3. The first-order valence-electron chi connectivity index (χ1n) is 13.5. The van der Waals surface area contributed by atoms with Crippen LogP contribution in [0.3, 0.4) is 0 Å². The van der Waals surface area contributed by atoms with Crippen molar-refractivity contribution in [1.29, 1.82) is 0 Å². The summed E-state index contributed by atoms with van der Waals surface area (Å²) in [7, 11) is 4.00. The Morgan fingerprint density at radius 3 is 2.73 bits per heavy atom. The molecule has 1 amide bonds. The maximum atomic E-state index is 13.7. The number of carbonyl (C=O) groups is 1. The summed E-state index contributed by atoms with van der Waals surface area (Å²) in [5, 5.41) is 17.8. The van der Waals surface area contributed by atoms with E-state index < -0.39 is 5.60 Å². The predicted octanol–water partition coefficient (Wildman–Crippen LogP) is 4.19. The molecule has 0 saturated carbocycles. The van der Waals surface area contributed by atoms with Gasteiger partial charge in [-0.15, -0.1) is 0 Å². The maximum absolute atomic E-state index is 13.7. The Morgan fingerprint density at radius 1 is 1.15 bits per heavy atom. The number of halogens is 1. The lowest BCUT2D eigenvalue weighted by Gasteiger charge is -2.52. The van der Waals surface area contributed by atoms with Gasteiger partial charge in [-0.3, -0.25) is 9.20 Å². The molecule has 1 fully saturated rings. The van der Waals surface area contributed by atoms with Crippen LogP contribution in [0.25, 0.3) is 16.9 Å². The summed E-state index contributed by atoms with van der Waals surface area (Å²) in [5.41, 5.74) is 3.94. The van der Waals surface area contributed by atoms with E-state index in [9.17, 15) is 14.3 Å². The molecule has 5 heterocycles. The first-order valence-corrected chi connectivity index (χ1v) is 13.5. The van der Waals surface area contributed by atoms with Gasteiger partial charge in [0.1, 0.15) is 17.3 Å². The topological polar surface area (TPSA) is 98.0 Å². The molecule has 0 bridgehead atoms. The zero-order valence-corrected chi connectivity index (χ0v) is 23.2. The number of pyridine rings is 2. The number of benzene rings is 1. The van der Waals surface area contributed by atoms with Crippen LogP contribution in [0.2, 0.25) is 0 Å². The van der Waals surface area contributed by atoms with Gasteiger partial charge in [0.05, 0.1) is 40.6 Å². The van der Waals surface area contributed by atoms with E-state index in [1.54, 1.807) is 12.4 Å². The van der Waals surface area contributed by atoms with Gasteiger partial charge in [0, 0.05) is 43.0 Å². The molecule has 1 aromatic carbocycles. The number of nitrogens with one attached hydrogen (secondary N) is 2. The summed E-state index contributed by atoms with van der Waals surface area (Å²) in [4.78, 5) is 26.1. The monoisotopic (exact) mass is 543 g/mol. The minimum Gasteiger partial charge on any atom is -0.386 e. The fraction of sp³-hybridized carbons (Fsp3) is 0.367. The van der Waals surface area contributed by atoms with Crippen molar-refractivity contribution in [1.82, 2.24) is 24.6 Å². The van der Waals surface area contributed by atoms with Crippen LogP contribution >= 0.6 is 0 Å². The van der Waals surface area contributed by atoms with Gasteiger partial charge in [0.25, 0.3) is 5.91 Å². The van der Waals surface area contributed by atoms with Crippen molar-refractivity contribution in [3.05, 3.63) is 71.9 Å². The molecule has 10 heteroatoms. The number of imidazole rings is 1. The lowest BCUT2D eigenvalue weighted by molar-refractivity contribution is -0.0882. The van der Waals surface area contributed by atoms with Gasteiger partial charge >= 0.3 is 0 Å². The standard InChI is InChI=1S/C30H34FN7O2/c1-29(2,36(3)4)30(40)11-5-12-37(18-30)20-6-9-25(32-15-20)35-23-8-7-21(22-16-34-28(39)27(22)23)24-17-33-26-14-19(31)10-13-38(24)26/h6-10,13-15,17,40H,5,11-12,16,18H2,1-4H3,(H,32,35)(H,34,39)/t30-/m1/s1. The molecule has 0 radical (unpaired) electrons. The van der Waals surface area contributed by atoms with Crippen LogP contribution in [0, 0.1) is 5.82 Å². The molecule has 2 aliphatic heterocycles. The number of nitrogens with zero attached hydrogens (tertiary/aromatic N) is 5. The Bertz CT molecular complexity index is 1600. The van der Waals surface area contributed by atoms with Gasteiger partial charge < -0.3 is 25.5 Å². The molecule has 0 aliphatic carbocycles. The number of aliphatic hydroxyl groups is 1. The molecule has 1 atom stereocenters. The number of rotatable bonds is 6. The second kappa shape index (κ2) is 9.57. The zero-order valence-electron chi connectivity index (χ0n) is 23.2. The van der Waals surface area contributed by atoms with Crippen molar-refractivity contribution in [2.45, 2.75) is 44.4 Å². The summed E-state index contributed by atoms with van der Waals surface area (Å²) in [6.45, 7) is 5.93. The molecule has 4 aromatic rings. The SMILES string of the molecule is CN(C)C(C)(C)[C@@]1(O)CCCN(c2ccc(Nc3ccc(-c4cnc5cc(F)ccn45)c4c3C(=O)NC4)nc2)C1. The smallest absolute Gasteiger partial charge is 0.254 e. The third-order valence-corrected chi connectivity index (χ3v) is 8.82. The normalized spacial score (nSPS) is 19.3. The van der Waals surface area contributed by atoms with Crippen molar-refractivity contribution in [3.63, 3.8) is 0 Å². The van der Waals surface area contributed by atoms with Gasteiger partial charge in [-0.05, 0) is 70.6 Å². The van der Waals surface area contributed by atoms with Crippen LogP contribution < -0.4 is 15.5 Å². The van der Waals surface area contributed by atoms with Crippen molar-refractivity contribution in [2.75, 3.05) is 37.4 Å². The van der Waals surface area contributed by atoms with Crippen molar-refractivity contribution in [3.8, 4) is 11.3 Å². The summed E-state index contributed by atoms with van der Waals surface area (Å²) in [6, 6.07) is 10.5. The molecular weight excluding hydrogens is 509 g/mol. The minimum absolute atomic E-state index is 0.160. The Balaban J connectivity index is 1.26. The number of fused-ring (bicyclic) bond motifs is 2. The summed E-state index contributed by atoms with van der Waals surface area (Å²) in [5.74, 6) is 0.106. The highest BCUT2D eigenvalue weighted by atomic mass is 19.1. The van der Waals surface area contributed by atoms with E-state index in [0.29, 0.717) is 35.8 Å². The van der Waals surface area contributed by atoms with E-state index in [2.05, 4.69) is 44.2 Å². The third kappa shape index (κ3) is 4.28. The lowest BCUT2D eigenvalue weighted by atomic mass is 9.76. The van der Waals surface area contributed by atoms with Crippen LogP contribution in [0.4, 0.5) is 21.6 Å². The zero-order chi connectivity index (χ0) is 28.2. The number of anilines is 3. The highest BCUT2D eigenvalue weighted by Gasteiger charge is 2.47. The summed E-state index contributed by atoms with van der Waals surface area (Å²) < 4.78 is 15.5. The van der Waals surface area contributed by atoms with Gasteiger partial charge in [-0.25, -0.2) is 14.4 Å². The summed E-state index contributed by atoms with van der Waals surface area (Å²) in [6.07, 6.45) is 6.79. The molecule has 0 unspecified atom stereocenters. The first kappa shape index (κ1) is 26.2. The van der Waals surface area contributed by atoms with Gasteiger partial charge in [0.2, 0.25) is 0 Å². The highest BCUT2D eigenvalue weighted by molar-refractivity contribution is 6.06. The third-order valence-electron chi connectivity index (χ3n) is 8.82. The number of hydrogen-bond acceptors (Lipinski definition) is 7. The summed E-state index contributed by atoms with van der Waals surface area (Å²) >= 11 is 0. The first-order chi connectivity index (χ1) is 19.1. The second-order valence-electron chi connectivity index (χ2n) is 11.5. The van der Waals surface area contributed by atoms with Crippen molar-refractivity contribution >= 4 is 28.7 Å². The van der Waals surface area contributed by atoms with Crippen LogP contribution in [-0.4, -0.2) is 68.6 Å². The molecule has 0 spiro atoms. The van der Waals surface area contributed by atoms with Crippen molar-refractivity contribution in [2.24, 2.45) is 0 Å². The molecule has 2 aliphatic rings. The molecule has 6 rings (SSSR count). The Morgan fingerprint density at radius 2 is 1.98 bits per heavy atom. The number of likely N-dealkylation sites (N-methyl/N-ethyl adjacent to an activating group) is 1. The van der Waals surface area contributed by atoms with Gasteiger partial charge in [0.15, 0.2) is 0 Å². The van der Waals surface area contributed by atoms with Crippen LogP contribution in [0.1, 0.15) is 42.6 Å². The van der Waals surface area contributed by atoms with E-state index in [0.717, 1.165) is 41.9 Å². The second-order valence-corrected chi connectivity index (χ2v) is 11.5. The Labute approximate surface area is 232 Å². The van der Waals surface area contributed by atoms with Gasteiger partial charge in [-0.2, -0.15) is 0 Å². The average molecular weight is 544 g/mol. The lowest BCUT2D eigenvalue weighted by Crippen LogP contribution is -2.65. The maximum Gasteiger partial charge on any atom is 0.254 e. The highest BCUT2D eigenvalue weighted by Crippen LogP contribution is 2.38. The fourth-order valence-corrected chi connectivity index (χ4v) is 5.80. The number of piperidine rings is 1. The Kier molecular flexibility index (Phi) is 6.27. The van der Waals surface area contributed by atoms with Crippen LogP contribution in [0.15, 0.2) is 55.0 Å². The molecule has 3 N–H and O–H groups in total. The number of amides is 1. The predicted molar refractivity (Wildman–Crippen MR) is 153 cm³/mol. The quantitative estimate of drug-likeness (QED) is 0.335. The van der Waals surface area contributed by atoms with Gasteiger partial charge in [-0.1, -0.05) is 6.07 Å². The number of β-amino-alcohol motifs (C(OH)–C–C–N with tert-alkyl or cyclic N) is 1. The molecule has 1 saturated heterocycles. The number of hydrogen-bond donors (Lipinski definition) is 3. The van der Waals surface area contributed by atoms with Crippen molar-refractivity contribution < 1.29 is 14.3 Å². The van der Waals surface area contributed by atoms with E-state index in [1.165, 1.54) is 12.1 Å². The number of carbonyl (C=O) groups excluding carboxylic acids is 1. The molecular formula is C30H34FN7O2. The molecule has 3 aromatic heterocycles. The van der Waals surface area contributed by atoms with E-state index >= 15 is 0 Å². The molecule has 40 heavy (non-hydrogen) atoms. The van der Waals surface area contributed by atoms with E-state index in [1.807, 2.05) is 49.0 Å². The molecule has 9 nitrogen and oxygen atoms in total. The fourth-order valence-electron chi connectivity index (χ4n) is 5.80.